The van der Waals surface area contributed by atoms with Crippen molar-refractivity contribution in [2.75, 3.05) is 0 Å². The van der Waals surface area contributed by atoms with E-state index < -0.39 is 0 Å². The van der Waals surface area contributed by atoms with Crippen LogP contribution in [-0.4, -0.2) is 29.5 Å². The van der Waals surface area contributed by atoms with Crippen LogP contribution in [0, 0.1) is 19.8 Å². The molecular weight excluding hydrogens is 404 g/mol. The van der Waals surface area contributed by atoms with Crippen LogP contribution in [0.25, 0.3) is 16.0 Å². The second kappa shape index (κ2) is 6.91. The first-order valence-corrected chi connectivity index (χ1v) is 11.5. The molecular formula is C20H22N6OS2. The molecule has 0 fully saturated rings. The van der Waals surface area contributed by atoms with Crippen molar-refractivity contribution in [2.24, 2.45) is 5.92 Å². The Hall–Kier alpha value is -2.26. The number of hydrogen-bond acceptors (Lipinski definition) is 7. The summed E-state index contributed by atoms with van der Waals surface area (Å²) in [4.78, 5) is 31.8. The van der Waals surface area contributed by atoms with Crippen LogP contribution < -0.4 is 5.56 Å². The van der Waals surface area contributed by atoms with E-state index in [0.717, 1.165) is 40.9 Å². The van der Waals surface area contributed by atoms with Crippen molar-refractivity contribution in [1.82, 2.24) is 29.5 Å². The second-order valence-electron chi connectivity index (χ2n) is 7.89. The number of H-pyrrole nitrogens is 1. The molecule has 1 N–H and O–H groups in total. The molecule has 7 nitrogen and oxygen atoms in total. The van der Waals surface area contributed by atoms with Gasteiger partial charge in [-0.1, -0.05) is 18.7 Å². The molecule has 0 bridgehead atoms. The lowest BCUT2D eigenvalue weighted by atomic mass is 9.89. The molecule has 0 aliphatic heterocycles. The largest absolute Gasteiger partial charge is 0.309 e. The number of thioether (sulfide) groups is 1. The summed E-state index contributed by atoms with van der Waals surface area (Å²) in [5.41, 5.74) is 3.09. The molecule has 150 valence electrons. The summed E-state index contributed by atoms with van der Waals surface area (Å²) in [6, 6.07) is 1.98. The zero-order valence-corrected chi connectivity index (χ0v) is 18.4. The van der Waals surface area contributed by atoms with E-state index in [1.165, 1.54) is 22.2 Å². The predicted octanol–water partition coefficient (Wildman–Crippen LogP) is 4.02. The molecule has 1 aliphatic rings. The van der Waals surface area contributed by atoms with Gasteiger partial charge in [0.1, 0.15) is 10.7 Å². The van der Waals surface area contributed by atoms with Crippen molar-refractivity contribution in [1.29, 1.82) is 0 Å². The Kier molecular flexibility index (Phi) is 4.47. The molecule has 1 aliphatic carbocycles. The molecule has 0 saturated heterocycles. The summed E-state index contributed by atoms with van der Waals surface area (Å²) in [5.74, 6) is 1.93. The highest BCUT2D eigenvalue weighted by atomic mass is 32.2. The summed E-state index contributed by atoms with van der Waals surface area (Å²) < 4.78 is 1.75. The Morgan fingerprint density at radius 1 is 1.31 bits per heavy atom. The smallest absolute Gasteiger partial charge is 0.259 e. The maximum atomic E-state index is 12.9. The number of aryl methyl sites for hydroxylation is 3. The number of nitrogens with zero attached hydrogens (tertiary/aromatic N) is 5. The first-order chi connectivity index (χ1) is 13.9. The van der Waals surface area contributed by atoms with Gasteiger partial charge in [0.2, 0.25) is 5.16 Å². The van der Waals surface area contributed by atoms with E-state index in [2.05, 4.69) is 27.0 Å². The molecule has 4 aromatic rings. The molecule has 29 heavy (non-hydrogen) atoms. The molecule has 4 aromatic heterocycles. The van der Waals surface area contributed by atoms with Gasteiger partial charge in [-0.25, -0.2) is 14.5 Å². The molecule has 0 unspecified atom stereocenters. The van der Waals surface area contributed by atoms with E-state index in [0.29, 0.717) is 22.7 Å². The van der Waals surface area contributed by atoms with Gasteiger partial charge < -0.3 is 4.98 Å². The maximum absolute atomic E-state index is 12.9. The normalized spacial score (nSPS) is 17.7. The Balaban J connectivity index is 1.49. The lowest BCUT2D eigenvalue weighted by Gasteiger charge is -2.17. The Labute approximate surface area is 176 Å². The van der Waals surface area contributed by atoms with Gasteiger partial charge in [0.05, 0.1) is 10.6 Å². The van der Waals surface area contributed by atoms with E-state index in [4.69, 9.17) is 4.98 Å². The quantitative estimate of drug-likeness (QED) is 0.498. The van der Waals surface area contributed by atoms with E-state index in [-0.39, 0.29) is 10.8 Å². The molecule has 0 aromatic carbocycles. The Morgan fingerprint density at radius 2 is 2.14 bits per heavy atom. The van der Waals surface area contributed by atoms with Crippen LogP contribution in [0.3, 0.4) is 0 Å². The first kappa shape index (κ1) is 18.7. The predicted molar refractivity (Wildman–Crippen MR) is 116 cm³/mol. The van der Waals surface area contributed by atoms with E-state index in [9.17, 15) is 4.79 Å². The average molecular weight is 427 g/mol. The van der Waals surface area contributed by atoms with Crippen molar-refractivity contribution < 1.29 is 0 Å². The first-order valence-electron chi connectivity index (χ1n) is 9.81. The minimum atomic E-state index is -0.0797. The minimum Gasteiger partial charge on any atom is -0.309 e. The van der Waals surface area contributed by atoms with Crippen LogP contribution in [0.4, 0.5) is 0 Å². The summed E-state index contributed by atoms with van der Waals surface area (Å²) in [7, 11) is 0. The van der Waals surface area contributed by atoms with Gasteiger partial charge in [0, 0.05) is 16.3 Å². The van der Waals surface area contributed by atoms with Gasteiger partial charge in [-0.05, 0) is 57.6 Å². The van der Waals surface area contributed by atoms with Gasteiger partial charge in [-0.15, -0.1) is 16.4 Å². The highest BCUT2D eigenvalue weighted by Gasteiger charge is 2.24. The average Bonchev–Trinajstić information content (AvgIpc) is 3.21. The minimum absolute atomic E-state index is 0.0272. The molecule has 0 spiro atoms. The lowest BCUT2D eigenvalue weighted by Crippen LogP contribution is -2.15. The topological polar surface area (TPSA) is 88.8 Å². The summed E-state index contributed by atoms with van der Waals surface area (Å²) in [6.45, 7) is 8.22. The number of thiophene rings is 1. The number of hydrogen-bond donors (Lipinski definition) is 1. The van der Waals surface area contributed by atoms with Gasteiger partial charge in [0.25, 0.3) is 11.3 Å². The van der Waals surface area contributed by atoms with Crippen LogP contribution >= 0.6 is 23.1 Å². The molecule has 4 heterocycles. The van der Waals surface area contributed by atoms with Crippen molar-refractivity contribution in [2.45, 2.75) is 57.4 Å². The van der Waals surface area contributed by atoms with Gasteiger partial charge in [-0.3, -0.25) is 4.79 Å². The van der Waals surface area contributed by atoms with Crippen LogP contribution in [0.5, 0.6) is 0 Å². The Morgan fingerprint density at radius 3 is 2.97 bits per heavy atom. The van der Waals surface area contributed by atoms with Crippen LogP contribution in [-0.2, 0) is 12.8 Å². The number of aromatic nitrogens is 6. The standard InChI is InChI=1S/C20H22N6OS2/c1-9-5-6-13-14(7-9)29-18-15(13)17(27)22-16(23-18)12(4)28-20-24-19-21-10(2)8-11(3)26(19)25-20/h8-9,12H,5-7H2,1-4H3,(H,22,23,27)/t9-,12+/m1/s1. The second-order valence-corrected chi connectivity index (χ2v) is 10.3. The van der Waals surface area contributed by atoms with E-state index >= 15 is 0 Å². The zero-order valence-electron chi connectivity index (χ0n) is 16.8. The third kappa shape index (κ3) is 3.26. The van der Waals surface area contributed by atoms with Crippen LogP contribution in [0.1, 0.15) is 53.2 Å². The van der Waals surface area contributed by atoms with E-state index in [1.807, 2.05) is 26.8 Å². The monoisotopic (exact) mass is 426 g/mol. The number of fused-ring (bicyclic) bond motifs is 4. The number of aromatic amines is 1. The van der Waals surface area contributed by atoms with Crippen molar-refractivity contribution >= 4 is 39.1 Å². The summed E-state index contributed by atoms with van der Waals surface area (Å²) in [6.07, 6.45) is 3.16. The number of nitrogens with one attached hydrogen (secondary N) is 1. The summed E-state index contributed by atoms with van der Waals surface area (Å²) in [5, 5.41) is 5.89. The Bertz CT molecular complexity index is 1300. The third-order valence-electron chi connectivity index (χ3n) is 5.45. The van der Waals surface area contributed by atoms with Crippen molar-refractivity contribution in [3.63, 3.8) is 0 Å². The SMILES string of the molecule is Cc1cc(C)n2nc(S[C@@H](C)c3nc4sc5c(c4c(=O)[nH]3)CC[C@@H](C)C5)nc2n1. The molecule has 0 saturated carbocycles. The van der Waals surface area contributed by atoms with Crippen LogP contribution in [0.15, 0.2) is 16.0 Å². The highest BCUT2D eigenvalue weighted by Crippen LogP contribution is 2.37. The molecule has 5 rings (SSSR count). The van der Waals surface area contributed by atoms with Crippen LogP contribution in [0.2, 0.25) is 0 Å². The molecule has 9 heteroatoms. The highest BCUT2D eigenvalue weighted by molar-refractivity contribution is 7.99. The fraction of sp³-hybridized carbons (Fsp3) is 0.450. The van der Waals surface area contributed by atoms with Crippen molar-refractivity contribution in [3.8, 4) is 0 Å². The van der Waals surface area contributed by atoms with Gasteiger partial charge in [-0.2, -0.15) is 4.98 Å². The van der Waals surface area contributed by atoms with E-state index in [1.54, 1.807) is 15.9 Å². The van der Waals surface area contributed by atoms with Gasteiger partial charge >= 0.3 is 0 Å². The summed E-state index contributed by atoms with van der Waals surface area (Å²) >= 11 is 3.16. The molecule has 0 radical (unpaired) electrons. The molecule has 2 atom stereocenters. The van der Waals surface area contributed by atoms with Gasteiger partial charge in [0.15, 0.2) is 0 Å². The fourth-order valence-electron chi connectivity index (χ4n) is 3.97. The molecule has 0 amide bonds. The number of rotatable bonds is 3. The van der Waals surface area contributed by atoms with Crippen molar-refractivity contribution in [3.05, 3.63) is 44.1 Å². The fourth-order valence-corrected chi connectivity index (χ4v) is 6.16. The zero-order chi connectivity index (χ0) is 20.3. The lowest BCUT2D eigenvalue weighted by molar-refractivity contribution is 0.509. The third-order valence-corrected chi connectivity index (χ3v) is 7.56. The maximum Gasteiger partial charge on any atom is 0.259 e.